The molecule has 0 aromatic heterocycles. The molecule has 0 heterocycles. The number of anilines is 1. The number of amides is 1. The number of rotatable bonds is 10. The lowest BCUT2D eigenvalue weighted by atomic mass is 10.1. The van der Waals surface area contributed by atoms with Crippen LogP contribution in [0.3, 0.4) is 0 Å². The summed E-state index contributed by atoms with van der Waals surface area (Å²) >= 11 is 6.07. The Hall–Kier alpha value is -3.07. The fourth-order valence-electron chi connectivity index (χ4n) is 3.40. The van der Waals surface area contributed by atoms with Crippen LogP contribution in [-0.4, -0.2) is 34.1 Å². The summed E-state index contributed by atoms with van der Waals surface area (Å²) in [4.78, 5) is 13.3. The van der Waals surface area contributed by atoms with Gasteiger partial charge in [-0.2, -0.15) is 4.72 Å². The smallest absolute Gasteiger partial charge is 0.243 e. The van der Waals surface area contributed by atoms with Crippen LogP contribution >= 0.6 is 11.6 Å². The van der Waals surface area contributed by atoms with Crippen LogP contribution in [0.2, 0.25) is 5.02 Å². The van der Waals surface area contributed by atoms with Crippen LogP contribution in [0.1, 0.15) is 18.1 Å². The average molecular weight is 503 g/mol. The van der Waals surface area contributed by atoms with Crippen LogP contribution in [0.15, 0.2) is 71.6 Å². The molecule has 7 nitrogen and oxygen atoms in total. The van der Waals surface area contributed by atoms with Gasteiger partial charge in [0.25, 0.3) is 0 Å². The molecule has 0 saturated heterocycles. The number of carbonyl (C=O) groups excluding carboxylic acids is 1. The van der Waals surface area contributed by atoms with Gasteiger partial charge in [-0.05, 0) is 67.8 Å². The number of sulfonamides is 1. The van der Waals surface area contributed by atoms with Crippen molar-refractivity contribution in [1.29, 1.82) is 0 Å². The minimum Gasteiger partial charge on any atom is -0.495 e. The Morgan fingerprint density at radius 1 is 1.03 bits per heavy atom. The van der Waals surface area contributed by atoms with Crippen molar-refractivity contribution >= 4 is 33.2 Å². The molecular weight excluding hydrogens is 476 g/mol. The lowest BCUT2D eigenvalue weighted by molar-refractivity contribution is -0.117. The Morgan fingerprint density at radius 3 is 2.38 bits per heavy atom. The molecule has 0 radical (unpaired) electrons. The second kappa shape index (κ2) is 11.4. The van der Waals surface area contributed by atoms with Gasteiger partial charge in [0.1, 0.15) is 17.5 Å². The van der Waals surface area contributed by atoms with Crippen LogP contribution in [0.5, 0.6) is 11.5 Å². The fraction of sp³-hybridized carbons (Fsp3) is 0.240. The summed E-state index contributed by atoms with van der Waals surface area (Å²) in [5.74, 6) is 0.463. The zero-order chi connectivity index (χ0) is 24.7. The molecule has 2 N–H and O–H groups in total. The number of nitrogens with one attached hydrogen (secondary N) is 2. The number of methoxy groups -OCH3 is 1. The predicted molar refractivity (Wildman–Crippen MR) is 133 cm³/mol. The van der Waals surface area contributed by atoms with Crippen molar-refractivity contribution < 1.29 is 22.7 Å². The number of hydrogen-bond donors (Lipinski definition) is 2. The van der Waals surface area contributed by atoms with Crippen LogP contribution in [0, 0.1) is 6.92 Å². The van der Waals surface area contributed by atoms with E-state index in [1.165, 1.54) is 19.2 Å². The summed E-state index contributed by atoms with van der Waals surface area (Å²) in [6, 6.07) is 17.5. The van der Waals surface area contributed by atoms with Crippen molar-refractivity contribution in [2.24, 2.45) is 0 Å². The summed E-state index contributed by atoms with van der Waals surface area (Å²) in [6.07, 6.45) is 0.144. The van der Waals surface area contributed by atoms with Gasteiger partial charge in [-0.3, -0.25) is 4.79 Å². The SMILES string of the molecule is CCOc1ccc(S(=O)(=O)N[C@H](Cc2ccccc2)C(=O)Nc2cc(Cl)ccc2OC)cc1C. The molecule has 0 aliphatic heterocycles. The topological polar surface area (TPSA) is 93.7 Å². The second-order valence-electron chi connectivity index (χ2n) is 7.56. The number of ether oxygens (including phenoxy) is 2. The monoisotopic (exact) mass is 502 g/mol. The molecule has 3 rings (SSSR count). The Kier molecular flexibility index (Phi) is 8.55. The molecule has 0 bridgehead atoms. The van der Waals surface area contributed by atoms with Gasteiger partial charge < -0.3 is 14.8 Å². The van der Waals surface area contributed by atoms with Gasteiger partial charge in [0.05, 0.1) is 24.3 Å². The average Bonchev–Trinajstić information content (AvgIpc) is 2.80. The molecule has 9 heteroatoms. The van der Waals surface area contributed by atoms with Gasteiger partial charge in [-0.15, -0.1) is 0 Å². The van der Waals surface area contributed by atoms with Crippen LogP contribution in [0.25, 0.3) is 0 Å². The molecule has 0 fully saturated rings. The number of aryl methyl sites for hydroxylation is 1. The molecule has 0 aliphatic carbocycles. The zero-order valence-electron chi connectivity index (χ0n) is 19.2. The van der Waals surface area contributed by atoms with E-state index in [2.05, 4.69) is 10.0 Å². The highest BCUT2D eigenvalue weighted by atomic mass is 35.5. The Bertz CT molecular complexity index is 1250. The number of carbonyl (C=O) groups is 1. The van der Waals surface area contributed by atoms with Crippen LogP contribution < -0.4 is 19.5 Å². The lowest BCUT2D eigenvalue weighted by Crippen LogP contribution is -2.45. The lowest BCUT2D eigenvalue weighted by Gasteiger charge is -2.20. The number of benzene rings is 3. The summed E-state index contributed by atoms with van der Waals surface area (Å²) < 4.78 is 39.8. The third-order valence-corrected chi connectivity index (χ3v) is 6.78. The minimum absolute atomic E-state index is 0.0413. The first-order chi connectivity index (χ1) is 16.2. The Balaban J connectivity index is 1.90. The number of hydrogen-bond acceptors (Lipinski definition) is 5. The maximum absolute atomic E-state index is 13.3. The summed E-state index contributed by atoms with van der Waals surface area (Å²) in [7, 11) is -2.55. The highest BCUT2D eigenvalue weighted by Gasteiger charge is 2.27. The van der Waals surface area contributed by atoms with Crippen molar-refractivity contribution in [3.8, 4) is 11.5 Å². The molecule has 1 amide bonds. The van der Waals surface area contributed by atoms with Gasteiger partial charge in [-0.1, -0.05) is 41.9 Å². The minimum atomic E-state index is -4.02. The Morgan fingerprint density at radius 2 is 1.74 bits per heavy atom. The van der Waals surface area contributed by atoms with E-state index in [9.17, 15) is 13.2 Å². The highest BCUT2D eigenvalue weighted by molar-refractivity contribution is 7.89. The van der Waals surface area contributed by atoms with E-state index in [1.54, 1.807) is 31.2 Å². The van der Waals surface area contributed by atoms with E-state index in [1.807, 2.05) is 37.3 Å². The van der Waals surface area contributed by atoms with Crippen molar-refractivity contribution in [2.45, 2.75) is 31.2 Å². The van der Waals surface area contributed by atoms with E-state index in [-0.39, 0.29) is 11.3 Å². The molecule has 34 heavy (non-hydrogen) atoms. The first-order valence-corrected chi connectivity index (χ1v) is 12.5. The summed E-state index contributed by atoms with van der Waals surface area (Å²) in [6.45, 7) is 4.09. The first-order valence-electron chi connectivity index (χ1n) is 10.7. The third kappa shape index (κ3) is 6.50. The maximum atomic E-state index is 13.3. The van der Waals surface area contributed by atoms with Gasteiger partial charge in [0, 0.05) is 5.02 Å². The number of halogens is 1. The quantitative estimate of drug-likeness (QED) is 0.423. The summed E-state index contributed by atoms with van der Waals surface area (Å²) in [5.41, 5.74) is 1.82. The van der Waals surface area contributed by atoms with Crippen LogP contribution in [-0.2, 0) is 21.2 Å². The molecule has 1 atom stereocenters. The maximum Gasteiger partial charge on any atom is 0.243 e. The molecule has 0 saturated carbocycles. The molecular formula is C25H27ClN2O5S. The standard InChI is InChI=1S/C25H27ClN2O5S/c1-4-33-23-13-11-20(14-17(23)2)34(30,31)28-22(15-18-8-6-5-7-9-18)25(29)27-21-16-19(26)10-12-24(21)32-3/h5-14,16,22,28H,4,15H2,1-3H3,(H,27,29)/t22-/m1/s1. The van der Waals surface area contributed by atoms with Gasteiger partial charge in [0.15, 0.2) is 0 Å². The van der Waals surface area contributed by atoms with Crippen molar-refractivity contribution in [2.75, 3.05) is 19.0 Å². The molecule has 0 unspecified atom stereocenters. The molecule has 3 aromatic carbocycles. The van der Waals surface area contributed by atoms with Crippen molar-refractivity contribution in [1.82, 2.24) is 4.72 Å². The molecule has 180 valence electrons. The van der Waals surface area contributed by atoms with Gasteiger partial charge >= 0.3 is 0 Å². The van der Waals surface area contributed by atoms with Gasteiger partial charge in [-0.25, -0.2) is 8.42 Å². The van der Waals surface area contributed by atoms with E-state index in [0.717, 1.165) is 5.56 Å². The highest BCUT2D eigenvalue weighted by Crippen LogP contribution is 2.28. The molecule has 3 aromatic rings. The summed E-state index contributed by atoms with van der Waals surface area (Å²) in [5, 5.41) is 3.14. The Labute approximate surface area is 205 Å². The molecule has 0 aliphatic rings. The van der Waals surface area contributed by atoms with Crippen molar-refractivity contribution in [3.05, 3.63) is 82.9 Å². The fourth-order valence-corrected chi connectivity index (χ4v) is 4.85. The van der Waals surface area contributed by atoms with Crippen LogP contribution in [0.4, 0.5) is 5.69 Å². The largest absolute Gasteiger partial charge is 0.495 e. The van der Waals surface area contributed by atoms with E-state index in [0.29, 0.717) is 34.4 Å². The first kappa shape index (κ1) is 25.6. The second-order valence-corrected chi connectivity index (χ2v) is 9.71. The predicted octanol–water partition coefficient (Wildman–Crippen LogP) is 4.58. The molecule has 0 spiro atoms. The van der Waals surface area contributed by atoms with E-state index in [4.69, 9.17) is 21.1 Å². The zero-order valence-corrected chi connectivity index (χ0v) is 20.7. The van der Waals surface area contributed by atoms with E-state index >= 15 is 0 Å². The van der Waals surface area contributed by atoms with E-state index < -0.39 is 22.0 Å². The van der Waals surface area contributed by atoms with Gasteiger partial charge in [0.2, 0.25) is 15.9 Å². The third-order valence-electron chi connectivity index (χ3n) is 5.07. The normalized spacial score (nSPS) is 12.1. The van der Waals surface area contributed by atoms with Crippen molar-refractivity contribution in [3.63, 3.8) is 0 Å².